The predicted octanol–water partition coefficient (Wildman–Crippen LogP) is 4.05. The number of aryl methyl sites for hydroxylation is 1. The third kappa shape index (κ3) is 1.53. The Balaban J connectivity index is 2.60. The summed E-state index contributed by atoms with van der Waals surface area (Å²) >= 11 is 5.89. The van der Waals surface area contributed by atoms with Gasteiger partial charge in [0.2, 0.25) is 0 Å². The zero-order valence-electron chi connectivity index (χ0n) is 7.55. The molecule has 0 fully saturated rings. The van der Waals surface area contributed by atoms with Crippen LogP contribution in [-0.2, 0) is 0 Å². The molecule has 0 saturated heterocycles. The summed E-state index contributed by atoms with van der Waals surface area (Å²) in [6.07, 6.45) is 1.50. The summed E-state index contributed by atoms with van der Waals surface area (Å²) in [4.78, 5) is 0. The minimum Gasteiger partial charge on any atom is -0.464 e. The Morgan fingerprint density at radius 2 is 2.14 bits per heavy atom. The summed E-state index contributed by atoms with van der Waals surface area (Å²) in [7, 11) is 0. The van der Waals surface area contributed by atoms with Crippen LogP contribution in [-0.4, -0.2) is 0 Å². The number of furan rings is 1. The molecule has 0 bridgehead atoms. The minimum atomic E-state index is -0.318. The lowest BCUT2D eigenvalue weighted by Crippen LogP contribution is -1.85. The molecule has 1 nitrogen and oxygen atoms in total. The van der Waals surface area contributed by atoms with Gasteiger partial charge < -0.3 is 4.42 Å². The molecule has 3 heteroatoms. The summed E-state index contributed by atoms with van der Waals surface area (Å²) in [5.74, 6) is 0.172. The van der Waals surface area contributed by atoms with Gasteiger partial charge in [-0.25, -0.2) is 4.39 Å². The number of rotatable bonds is 1. The van der Waals surface area contributed by atoms with Gasteiger partial charge in [0.25, 0.3) is 0 Å². The fourth-order valence-electron chi connectivity index (χ4n) is 1.27. The van der Waals surface area contributed by atoms with Gasteiger partial charge in [-0.2, -0.15) is 0 Å². The van der Waals surface area contributed by atoms with Gasteiger partial charge in [-0.05, 0) is 36.8 Å². The van der Waals surface area contributed by atoms with E-state index >= 15 is 0 Å². The van der Waals surface area contributed by atoms with Crippen LogP contribution in [0, 0.1) is 12.7 Å². The maximum absolute atomic E-state index is 13.5. The van der Waals surface area contributed by atoms with Crippen LogP contribution in [0.1, 0.15) is 5.56 Å². The Morgan fingerprint density at radius 3 is 2.79 bits per heavy atom. The van der Waals surface area contributed by atoms with E-state index in [1.165, 1.54) is 12.3 Å². The van der Waals surface area contributed by atoms with Crippen molar-refractivity contribution in [3.05, 3.63) is 46.9 Å². The van der Waals surface area contributed by atoms with Gasteiger partial charge in [0, 0.05) is 5.02 Å². The molecule has 0 aliphatic carbocycles. The Hall–Kier alpha value is -1.28. The molecule has 0 radical (unpaired) electrons. The summed E-state index contributed by atoms with van der Waals surface area (Å²) in [5.41, 5.74) is 1.12. The first-order valence-corrected chi connectivity index (χ1v) is 4.56. The molecular formula is C11H8ClFO. The quantitative estimate of drug-likeness (QED) is 0.692. The third-order valence-electron chi connectivity index (χ3n) is 2.03. The lowest BCUT2D eigenvalue weighted by Gasteiger charge is -2.03. The van der Waals surface area contributed by atoms with Crippen LogP contribution >= 0.6 is 11.6 Å². The molecule has 0 saturated carbocycles. The van der Waals surface area contributed by atoms with Crippen molar-refractivity contribution in [2.45, 2.75) is 6.92 Å². The average molecular weight is 211 g/mol. The lowest BCUT2D eigenvalue weighted by molar-refractivity contribution is 0.569. The Kier molecular flexibility index (Phi) is 2.30. The number of hydrogen-bond donors (Lipinski definition) is 0. The molecule has 0 atom stereocenters. The van der Waals surface area contributed by atoms with Crippen LogP contribution in [0.25, 0.3) is 11.3 Å². The molecule has 0 aliphatic rings. The lowest BCUT2D eigenvalue weighted by atomic mass is 10.1. The van der Waals surface area contributed by atoms with E-state index in [-0.39, 0.29) is 5.82 Å². The zero-order chi connectivity index (χ0) is 10.1. The fraction of sp³-hybridized carbons (Fsp3) is 0.0909. The van der Waals surface area contributed by atoms with E-state index < -0.39 is 0 Å². The van der Waals surface area contributed by atoms with E-state index in [1.54, 1.807) is 25.1 Å². The highest BCUT2D eigenvalue weighted by molar-refractivity contribution is 6.31. The first kappa shape index (κ1) is 9.28. The maximum Gasteiger partial charge on any atom is 0.136 e. The van der Waals surface area contributed by atoms with E-state index in [0.29, 0.717) is 16.3 Å². The van der Waals surface area contributed by atoms with Crippen molar-refractivity contribution in [3.8, 4) is 11.3 Å². The van der Waals surface area contributed by atoms with Crippen molar-refractivity contribution >= 4 is 11.6 Å². The monoisotopic (exact) mass is 210 g/mol. The molecule has 0 amide bonds. The molecule has 1 aromatic heterocycles. The van der Waals surface area contributed by atoms with Crippen LogP contribution in [0.4, 0.5) is 4.39 Å². The molecule has 2 rings (SSSR count). The van der Waals surface area contributed by atoms with Crippen molar-refractivity contribution < 1.29 is 8.81 Å². The Bertz CT molecular complexity index is 449. The van der Waals surface area contributed by atoms with E-state index in [0.717, 1.165) is 5.56 Å². The van der Waals surface area contributed by atoms with Crippen LogP contribution in [0.3, 0.4) is 0 Å². The van der Waals surface area contributed by atoms with Gasteiger partial charge in [-0.15, -0.1) is 0 Å². The molecule has 1 heterocycles. The van der Waals surface area contributed by atoms with Crippen molar-refractivity contribution in [3.63, 3.8) is 0 Å². The van der Waals surface area contributed by atoms with E-state index in [9.17, 15) is 4.39 Å². The van der Waals surface area contributed by atoms with E-state index in [2.05, 4.69) is 0 Å². The molecular weight excluding hydrogens is 203 g/mol. The van der Waals surface area contributed by atoms with Gasteiger partial charge in [0.05, 0.1) is 11.8 Å². The normalized spacial score (nSPS) is 10.5. The van der Waals surface area contributed by atoms with Crippen LogP contribution in [0.15, 0.2) is 34.9 Å². The highest BCUT2D eigenvalue weighted by Gasteiger charge is 2.09. The standard InChI is InChI=1S/C11H8ClFO/c1-7-5-10(13)8(6-9(7)12)11-3-2-4-14-11/h2-6H,1H3. The highest BCUT2D eigenvalue weighted by Crippen LogP contribution is 2.28. The second-order valence-corrected chi connectivity index (χ2v) is 3.47. The van der Waals surface area contributed by atoms with E-state index in [4.69, 9.17) is 16.0 Å². The van der Waals surface area contributed by atoms with E-state index in [1.807, 2.05) is 0 Å². The Morgan fingerprint density at radius 1 is 1.36 bits per heavy atom. The topological polar surface area (TPSA) is 13.1 Å². The fourth-order valence-corrected chi connectivity index (χ4v) is 1.43. The molecule has 0 N–H and O–H groups in total. The number of hydrogen-bond acceptors (Lipinski definition) is 1. The summed E-state index contributed by atoms with van der Waals surface area (Å²) in [6.45, 7) is 1.76. The maximum atomic E-state index is 13.5. The average Bonchev–Trinajstić information content (AvgIpc) is 2.64. The van der Waals surface area contributed by atoms with Gasteiger partial charge in [-0.3, -0.25) is 0 Å². The van der Waals surface area contributed by atoms with Crippen LogP contribution in [0.2, 0.25) is 5.02 Å². The Labute approximate surface area is 86.1 Å². The smallest absolute Gasteiger partial charge is 0.136 e. The van der Waals surface area contributed by atoms with Gasteiger partial charge in [0.1, 0.15) is 11.6 Å². The highest BCUT2D eigenvalue weighted by atomic mass is 35.5. The molecule has 0 unspecified atom stereocenters. The van der Waals surface area contributed by atoms with Gasteiger partial charge in [0.15, 0.2) is 0 Å². The molecule has 1 aromatic carbocycles. The third-order valence-corrected chi connectivity index (χ3v) is 2.44. The molecule has 0 aliphatic heterocycles. The first-order valence-electron chi connectivity index (χ1n) is 4.18. The van der Waals surface area contributed by atoms with Crippen molar-refractivity contribution in [2.75, 3.05) is 0 Å². The predicted molar refractivity (Wildman–Crippen MR) is 53.8 cm³/mol. The SMILES string of the molecule is Cc1cc(F)c(-c2ccco2)cc1Cl. The summed E-state index contributed by atoms with van der Waals surface area (Å²) < 4.78 is 18.6. The molecule has 72 valence electrons. The number of benzene rings is 1. The van der Waals surface area contributed by atoms with Crippen molar-refractivity contribution in [2.24, 2.45) is 0 Å². The minimum absolute atomic E-state index is 0.318. The van der Waals surface area contributed by atoms with Crippen LogP contribution in [0.5, 0.6) is 0 Å². The summed E-state index contributed by atoms with van der Waals surface area (Å²) in [6, 6.07) is 6.39. The second kappa shape index (κ2) is 3.46. The number of halogens is 2. The second-order valence-electron chi connectivity index (χ2n) is 3.06. The first-order chi connectivity index (χ1) is 6.68. The van der Waals surface area contributed by atoms with Crippen molar-refractivity contribution in [1.29, 1.82) is 0 Å². The molecule has 0 spiro atoms. The summed E-state index contributed by atoms with van der Waals surface area (Å²) in [5, 5.41) is 0.540. The van der Waals surface area contributed by atoms with Gasteiger partial charge in [-0.1, -0.05) is 11.6 Å². The van der Waals surface area contributed by atoms with Crippen LogP contribution < -0.4 is 0 Å². The molecule has 14 heavy (non-hydrogen) atoms. The van der Waals surface area contributed by atoms with Crippen molar-refractivity contribution in [1.82, 2.24) is 0 Å². The zero-order valence-corrected chi connectivity index (χ0v) is 8.31. The largest absolute Gasteiger partial charge is 0.464 e. The molecule has 2 aromatic rings. The van der Waals surface area contributed by atoms with Gasteiger partial charge >= 0.3 is 0 Å².